The zero-order valence-electron chi connectivity index (χ0n) is 6.37. The number of nitrogens with zero attached hydrogens (tertiary/aromatic N) is 1. The molecule has 0 saturated heterocycles. The van der Waals surface area contributed by atoms with Crippen LogP contribution < -0.4 is 0 Å². The van der Waals surface area contributed by atoms with Gasteiger partial charge in [0.15, 0.2) is 0 Å². The van der Waals surface area contributed by atoms with Gasteiger partial charge in [0.25, 0.3) is 5.91 Å². The zero-order chi connectivity index (χ0) is 7.84. The molecule has 0 fully saturated rings. The van der Waals surface area contributed by atoms with E-state index in [2.05, 4.69) is 0 Å². The monoisotopic (exact) mass is 147 g/mol. The third-order valence-electron chi connectivity index (χ3n) is 2.00. The van der Waals surface area contributed by atoms with Gasteiger partial charge in [-0.3, -0.25) is 4.79 Å². The highest BCUT2D eigenvalue weighted by Gasteiger charge is 2.22. The second kappa shape index (κ2) is 2.09. The normalized spacial score (nSPS) is 15.4. The minimum atomic E-state index is 0.139. The largest absolute Gasteiger partial charge is 0.337 e. The lowest BCUT2D eigenvalue weighted by atomic mass is 10.1. The van der Waals surface area contributed by atoms with E-state index >= 15 is 0 Å². The molecule has 0 N–H and O–H groups in total. The zero-order valence-corrected chi connectivity index (χ0v) is 6.37. The summed E-state index contributed by atoms with van der Waals surface area (Å²) in [5, 5.41) is 0. The molecule has 2 nitrogen and oxygen atoms in total. The highest BCUT2D eigenvalue weighted by molar-refractivity contribution is 5.98. The maximum absolute atomic E-state index is 11.3. The van der Waals surface area contributed by atoms with Crippen molar-refractivity contribution in [3.63, 3.8) is 0 Å². The summed E-state index contributed by atoms with van der Waals surface area (Å²) < 4.78 is 0. The lowest BCUT2D eigenvalue weighted by Crippen LogP contribution is -2.17. The first-order valence-corrected chi connectivity index (χ1v) is 3.62. The standard InChI is InChI=1S/C9H9NO/c1-10-6-7-4-2-3-5-8(7)9(10)11/h2-5H,6H2,1H3. The molecule has 1 aromatic carbocycles. The van der Waals surface area contributed by atoms with Gasteiger partial charge in [0.05, 0.1) is 0 Å². The van der Waals surface area contributed by atoms with Crippen molar-refractivity contribution in [2.75, 3.05) is 7.05 Å². The second-order valence-electron chi connectivity index (χ2n) is 2.82. The van der Waals surface area contributed by atoms with E-state index in [1.807, 2.05) is 31.3 Å². The number of benzene rings is 1. The molecule has 0 atom stereocenters. The molecule has 0 spiro atoms. The molecular weight excluding hydrogens is 138 g/mol. The van der Waals surface area contributed by atoms with Crippen LogP contribution in [0.1, 0.15) is 15.9 Å². The van der Waals surface area contributed by atoms with Crippen molar-refractivity contribution in [1.29, 1.82) is 0 Å². The molecule has 1 amide bonds. The average molecular weight is 147 g/mol. The molecule has 1 aliphatic heterocycles. The first kappa shape index (κ1) is 6.40. The quantitative estimate of drug-likeness (QED) is 0.541. The van der Waals surface area contributed by atoms with E-state index < -0.39 is 0 Å². The van der Waals surface area contributed by atoms with Gasteiger partial charge in [0.1, 0.15) is 0 Å². The van der Waals surface area contributed by atoms with Crippen LogP contribution >= 0.6 is 0 Å². The Labute approximate surface area is 65.4 Å². The number of carbonyl (C=O) groups is 1. The Hall–Kier alpha value is -1.31. The summed E-state index contributed by atoms with van der Waals surface area (Å²) in [4.78, 5) is 13.0. The van der Waals surface area contributed by atoms with Gasteiger partial charge < -0.3 is 4.90 Å². The Kier molecular flexibility index (Phi) is 1.22. The average Bonchev–Trinajstić information content (AvgIpc) is 2.30. The van der Waals surface area contributed by atoms with Crippen LogP contribution in [0.3, 0.4) is 0 Å². The highest BCUT2D eigenvalue weighted by Crippen LogP contribution is 2.19. The molecular formula is C9H9NO. The third kappa shape index (κ3) is 0.827. The van der Waals surface area contributed by atoms with E-state index in [-0.39, 0.29) is 5.91 Å². The molecule has 0 aromatic heterocycles. The summed E-state index contributed by atoms with van der Waals surface area (Å²) in [6, 6.07) is 7.74. The van der Waals surface area contributed by atoms with E-state index in [1.165, 1.54) is 0 Å². The molecule has 0 radical (unpaired) electrons. The molecule has 1 heterocycles. The van der Waals surface area contributed by atoms with Crippen LogP contribution in [0.2, 0.25) is 0 Å². The maximum atomic E-state index is 11.3. The van der Waals surface area contributed by atoms with E-state index in [1.54, 1.807) is 4.90 Å². The minimum Gasteiger partial charge on any atom is -0.337 e. The fourth-order valence-corrected chi connectivity index (χ4v) is 1.40. The second-order valence-corrected chi connectivity index (χ2v) is 2.82. The summed E-state index contributed by atoms with van der Waals surface area (Å²) in [7, 11) is 1.82. The summed E-state index contributed by atoms with van der Waals surface area (Å²) in [5.74, 6) is 0.139. The minimum absolute atomic E-state index is 0.139. The van der Waals surface area contributed by atoms with Crippen LogP contribution in [0.5, 0.6) is 0 Å². The van der Waals surface area contributed by atoms with Gasteiger partial charge in [-0.05, 0) is 11.6 Å². The lowest BCUT2D eigenvalue weighted by Gasteiger charge is -2.04. The Balaban J connectivity index is 2.55. The number of fused-ring (bicyclic) bond motifs is 1. The van der Waals surface area contributed by atoms with E-state index in [4.69, 9.17) is 0 Å². The van der Waals surface area contributed by atoms with E-state index in [0.717, 1.165) is 17.7 Å². The smallest absolute Gasteiger partial charge is 0.254 e. The Morgan fingerprint density at radius 2 is 2.09 bits per heavy atom. The molecule has 0 bridgehead atoms. The van der Waals surface area contributed by atoms with Crippen LogP contribution in [-0.4, -0.2) is 17.9 Å². The van der Waals surface area contributed by atoms with E-state index in [0.29, 0.717) is 0 Å². The molecule has 2 heteroatoms. The highest BCUT2D eigenvalue weighted by atomic mass is 16.2. The summed E-state index contributed by atoms with van der Waals surface area (Å²) in [6.45, 7) is 0.759. The predicted octanol–water partition coefficient (Wildman–Crippen LogP) is 1.27. The molecule has 56 valence electrons. The molecule has 1 aliphatic rings. The van der Waals surface area contributed by atoms with Crippen LogP contribution in [0, 0.1) is 0 Å². The van der Waals surface area contributed by atoms with Gasteiger partial charge >= 0.3 is 0 Å². The molecule has 1 aromatic rings. The van der Waals surface area contributed by atoms with Crippen LogP contribution in [0.4, 0.5) is 0 Å². The van der Waals surface area contributed by atoms with Crippen LogP contribution in [0.25, 0.3) is 0 Å². The van der Waals surface area contributed by atoms with Crippen molar-refractivity contribution in [2.45, 2.75) is 6.54 Å². The first-order chi connectivity index (χ1) is 5.29. The topological polar surface area (TPSA) is 20.3 Å². The number of amides is 1. The fourth-order valence-electron chi connectivity index (χ4n) is 1.40. The van der Waals surface area contributed by atoms with Crippen LogP contribution in [0.15, 0.2) is 24.3 Å². The summed E-state index contributed by atoms with van der Waals surface area (Å²) in [6.07, 6.45) is 0. The Bertz CT molecular complexity index is 306. The number of hydrogen-bond donors (Lipinski definition) is 0. The van der Waals surface area contributed by atoms with Crippen molar-refractivity contribution >= 4 is 5.91 Å². The van der Waals surface area contributed by atoms with Crippen LogP contribution in [-0.2, 0) is 6.54 Å². The first-order valence-electron chi connectivity index (χ1n) is 3.62. The fraction of sp³-hybridized carbons (Fsp3) is 0.222. The van der Waals surface area contributed by atoms with Crippen molar-refractivity contribution in [2.24, 2.45) is 0 Å². The molecule has 2 rings (SSSR count). The summed E-state index contributed by atoms with van der Waals surface area (Å²) >= 11 is 0. The maximum Gasteiger partial charge on any atom is 0.254 e. The van der Waals surface area contributed by atoms with Gasteiger partial charge in [-0.2, -0.15) is 0 Å². The van der Waals surface area contributed by atoms with E-state index in [9.17, 15) is 4.79 Å². The molecule has 11 heavy (non-hydrogen) atoms. The Morgan fingerprint density at radius 1 is 1.36 bits per heavy atom. The summed E-state index contributed by atoms with van der Waals surface area (Å²) in [5.41, 5.74) is 2.00. The van der Waals surface area contributed by atoms with Gasteiger partial charge in [0, 0.05) is 19.2 Å². The van der Waals surface area contributed by atoms with Gasteiger partial charge in [-0.1, -0.05) is 18.2 Å². The van der Waals surface area contributed by atoms with Gasteiger partial charge in [-0.25, -0.2) is 0 Å². The molecule has 0 saturated carbocycles. The van der Waals surface area contributed by atoms with Gasteiger partial charge in [0.2, 0.25) is 0 Å². The third-order valence-corrected chi connectivity index (χ3v) is 2.00. The van der Waals surface area contributed by atoms with Crippen molar-refractivity contribution in [1.82, 2.24) is 4.90 Å². The number of hydrogen-bond acceptors (Lipinski definition) is 1. The SMILES string of the molecule is CN1Cc2ccccc2C1=O. The molecule has 0 unspecified atom stereocenters. The van der Waals surface area contributed by atoms with Crippen molar-refractivity contribution in [3.8, 4) is 0 Å². The van der Waals surface area contributed by atoms with Crippen molar-refractivity contribution < 1.29 is 4.79 Å². The van der Waals surface area contributed by atoms with Gasteiger partial charge in [-0.15, -0.1) is 0 Å². The lowest BCUT2D eigenvalue weighted by molar-refractivity contribution is 0.0816. The Morgan fingerprint density at radius 3 is 2.82 bits per heavy atom. The predicted molar refractivity (Wildman–Crippen MR) is 42.2 cm³/mol. The number of rotatable bonds is 0. The number of carbonyl (C=O) groups excluding carboxylic acids is 1. The van der Waals surface area contributed by atoms with Crippen molar-refractivity contribution in [3.05, 3.63) is 35.4 Å². The molecule has 0 aliphatic carbocycles.